The highest BCUT2D eigenvalue weighted by molar-refractivity contribution is 9.11. The van der Waals surface area contributed by atoms with Crippen molar-refractivity contribution in [3.05, 3.63) is 233 Å². The normalized spacial score (nSPS) is 26.6. The smallest absolute Gasteiger partial charge is 0.226 e. The first-order valence-corrected chi connectivity index (χ1v) is 35.3. The van der Waals surface area contributed by atoms with Crippen molar-refractivity contribution in [2.24, 2.45) is 45.3 Å². The molecular formula is C82H90Br2N16O4. The highest BCUT2D eigenvalue weighted by Crippen LogP contribution is 2.59. The van der Waals surface area contributed by atoms with E-state index in [1.165, 1.54) is 29.6 Å². The zero-order chi connectivity index (χ0) is 79.3. The topological polar surface area (TPSA) is 206 Å². The van der Waals surface area contributed by atoms with Crippen LogP contribution in [0.25, 0.3) is 53.1 Å². The molecule has 0 spiro atoms. The van der Waals surface area contributed by atoms with Crippen molar-refractivity contribution in [1.29, 1.82) is 0 Å². The molecule has 0 saturated carbocycles. The van der Waals surface area contributed by atoms with Gasteiger partial charge in [0.25, 0.3) is 0 Å². The number of aromatic nitrogens is 12. The van der Waals surface area contributed by atoms with Gasteiger partial charge in [0.1, 0.15) is 0 Å². The van der Waals surface area contributed by atoms with Crippen LogP contribution in [-0.4, -0.2) is 81.5 Å². The van der Waals surface area contributed by atoms with Crippen molar-refractivity contribution < 1.29 is 24.7 Å². The molecule has 17 rings (SSSR count). The first-order valence-electron chi connectivity index (χ1n) is 37.8. The number of hydrogen-bond acceptors (Lipinski definition) is 12. The minimum Gasteiger partial charge on any atom is -0.307 e. The van der Waals surface area contributed by atoms with E-state index in [2.05, 4.69) is 121 Å². The van der Waals surface area contributed by atoms with E-state index in [-0.39, 0.29) is 69.6 Å². The van der Waals surface area contributed by atoms with Gasteiger partial charge in [0.05, 0.1) is 82.8 Å². The quantitative estimate of drug-likeness (QED) is 0.141. The highest BCUT2D eigenvalue weighted by Gasteiger charge is 2.59. The van der Waals surface area contributed by atoms with Gasteiger partial charge in [0.15, 0.2) is 45.7 Å². The minimum absolute atomic E-state index is 0.0378. The molecule has 8 heterocycles. The molecule has 22 heteroatoms. The van der Waals surface area contributed by atoms with Gasteiger partial charge in [0.2, 0.25) is 22.8 Å². The molecule has 0 fully saturated rings. The molecular weight excluding hydrogens is 1430 g/mol. The summed E-state index contributed by atoms with van der Waals surface area (Å²) in [6, 6.07) is 12.0. The van der Waals surface area contributed by atoms with Gasteiger partial charge in [-0.1, -0.05) is 167 Å². The van der Waals surface area contributed by atoms with Crippen LogP contribution < -0.4 is 0 Å². The first-order chi connectivity index (χ1) is 51.4. The lowest BCUT2D eigenvalue weighted by Crippen LogP contribution is -2.51. The van der Waals surface area contributed by atoms with Crippen LogP contribution in [-0.2, 0) is 66.5 Å². The Morgan fingerprint density at radius 1 is 0.404 bits per heavy atom. The summed E-state index contributed by atoms with van der Waals surface area (Å²) < 4.78 is 32.2. The summed E-state index contributed by atoms with van der Waals surface area (Å²) in [5.74, 6) is 0.336. The van der Waals surface area contributed by atoms with E-state index in [1.54, 1.807) is 18.6 Å². The molecule has 8 aromatic heterocycles. The summed E-state index contributed by atoms with van der Waals surface area (Å²) in [7, 11) is 5.00. The lowest BCUT2D eigenvalue weighted by molar-refractivity contribution is -0.129. The van der Waals surface area contributed by atoms with Crippen LogP contribution in [0.2, 0.25) is 0 Å². The summed E-state index contributed by atoms with van der Waals surface area (Å²) in [6.45, 7) is 54.2. The van der Waals surface area contributed by atoms with Crippen molar-refractivity contribution in [2.45, 2.75) is 186 Å². The number of aryl methyl sites for hydroxylation is 4. The number of hydrogen-bond donors (Lipinski definition) is 0. The second-order valence-electron chi connectivity index (χ2n) is 31.0. The Morgan fingerprint density at radius 2 is 0.702 bits per heavy atom. The Morgan fingerprint density at radius 3 is 1.04 bits per heavy atom. The summed E-state index contributed by atoms with van der Waals surface area (Å²) in [5, 5.41) is 18.2. The average Bonchev–Trinajstić information content (AvgIpc) is 1.08. The van der Waals surface area contributed by atoms with E-state index in [0.717, 1.165) is 139 Å². The zero-order valence-electron chi connectivity index (χ0n) is 65.9. The van der Waals surface area contributed by atoms with Crippen molar-refractivity contribution in [2.75, 3.05) is 0 Å². The maximum absolute atomic E-state index is 12.9. The number of ketones is 4. The zero-order valence-corrected chi connectivity index (χ0v) is 65.1. The molecule has 8 aliphatic rings. The van der Waals surface area contributed by atoms with Crippen LogP contribution in [0.4, 0.5) is 0 Å². The molecule has 8 atom stereocenters. The first kappa shape index (κ1) is 71.3. The fourth-order valence-electron chi connectivity index (χ4n) is 19.5. The van der Waals surface area contributed by atoms with E-state index < -0.39 is 43.3 Å². The second-order valence-corrected chi connectivity index (χ2v) is 32.7. The van der Waals surface area contributed by atoms with Gasteiger partial charge in [-0.3, -0.25) is 0 Å². The summed E-state index contributed by atoms with van der Waals surface area (Å²) in [4.78, 5) is 83.5. The summed E-state index contributed by atoms with van der Waals surface area (Å²) in [6.07, 6.45) is 29.4. The van der Waals surface area contributed by atoms with Gasteiger partial charge < -0.3 is 19.2 Å². The van der Waals surface area contributed by atoms with Crippen LogP contribution in [0.3, 0.4) is 0 Å². The molecule has 1 aromatic carbocycles. The van der Waals surface area contributed by atoms with Gasteiger partial charge in [-0.05, 0) is 135 Å². The van der Waals surface area contributed by atoms with Gasteiger partial charge in [0, 0.05) is 85.2 Å². The lowest BCUT2D eigenvalue weighted by atomic mass is 9.53. The third-order valence-electron chi connectivity index (χ3n) is 24.0. The van der Waals surface area contributed by atoms with Crippen molar-refractivity contribution in [1.82, 2.24) is 58.4 Å². The van der Waals surface area contributed by atoms with Crippen LogP contribution in [0, 0.1) is 71.6 Å². The number of Topliss-reactive ketones (excluding diaryl/α,β-unsaturated/α-hetero) is 4. The molecule has 0 radical (unpaired) electrons. The van der Waals surface area contributed by atoms with E-state index in [1.807, 2.05) is 153 Å². The summed E-state index contributed by atoms with van der Waals surface area (Å²) in [5.41, 5.74) is 11.0. The number of carbonyl (C=O) groups is 4. The molecule has 0 bridgehead atoms. The minimum atomic E-state index is -0.591. The molecule has 0 unspecified atom stereocenters. The third-order valence-corrected chi connectivity index (χ3v) is 25.1. The van der Waals surface area contributed by atoms with Gasteiger partial charge in [-0.25, -0.2) is 57.4 Å². The number of allylic oxidation sites excluding steroid dienone is 8. The molecule has 104 heavy (non-hydrogen) atoms. The molecule has 536 valence electrons. The number of benzene rings is 1. The highest BCUT2D eigenvalue weighted by atomic mass is 79.9. The predicted octanol–water partition coefficient (Wildman–Crippen LogP) is 17.6. The summed E-state index contributed by atoms with van der Waals surface area (Å²) >= 11 is 6.99. The number of nitrogens with zero attached hydrogens (tertiary/aromatic N) is 16. The molecule has 0 aliphatic heterocycles. The monoisotopic (exact) mass is 1530 g/mol. The molecule has 8 aliphatic carbocycles. The standard InChI is InChI=1S/C24H22N4O.2C18H17BrN4O.C18H18N4O.4CH4/c1-23(2)19-11-10-16-13-26-22-17(15-8-6-5-7-9-15)14-27-28(22)20(16)24(19,3)12-18(25-4)21(23)29;2*1-17(2)13-6-5-10-8-21-16-11(19)9-22-23(16)14(10)18(13,3)7-12(20-4)15(17)24;1-17(2)13-6-5-11-10-20-14-7-8-21-22(14)15(11)18(13,3)9-12(19-4)16(17)23;;;;/h5-9,12-14,19H,10-11H2,1-3H3;2*7-9,13H,5-6H2,1-3H3;7-10,13H,5-6H2,1-3H3;4*1H4/t19-,24-;3*13-,18-;;;;/m0000..../s1/i;;;;4*1T. The van der Waals surface area contributed by atoms with E-state index in [9.17, 15) is 19.2 Å². The second kappa shape index (κ2) is 26.8. The Bertz CT molecular complexity index is 5270. The van der Waals surface area contributed by atoms with Crippen molar-refractivity contribution >= 4 is 77.6 Å². The molecule has 0 saturated heterocycles. The Balaban J connectivity index is 0.000000149. The number of carbonyl (C=O) groups excluding carboxylic acids is 4. The Hall–Kier alpha value is -9.74. The van der Waals surface area contributed by atoms with Crippen LogP contribution in [0.5, 0.6) is 0 Å². The number of halogens is 2. The Kier molecular flexibility index (Phi) is 18.3. The van der Waals surface area contributed by atoms with Crippen molar-refractivity contribution in [3.8, 4) is 11.1 Å². The van der Waals surface area contributed by atoms with Gasteiger partial charge >= 0.3 is 0 Å². The van der Waals surface area contributed by atoms with Crippen LogP contribution in [0.15, 0.2) is 142 Å². The SMILES string of the molecule is [3H]C.[3H]C.[3H]C.[3H]C.[C-]#[N+]C1=C[C@]2(C)c3c(cnc4c(-c5ccccc5)cnn34)CC[C@H]2C(C)(C)C1=O.[C-]#[N+]C1=C[C@]2(C)c3c(cnc4c(Br)cnn34)CC[C@H]2C(C)(C)C1=O.[C-]#[N+]C1=C[C@]2(C)c3c(cnc4c(Br)cnn34)CC[C@H]2C(C)(C)C1=O.[C-]#[N+]C1=C[C@]2(C)c3c(cnc4ccnn34)CC[C@H]2C(C)(C)C1=O. The maximum atomic E-state index is 12.9. The fourth-order valence-corrected chi connectivity index (χ4v) is 20.2. The van der Waals surface area contributed by atoms with Crippen molar-refractivity contribution in [3.63, 3.8) is 0 Å². The lowest BCUT2D eigenvalue weighted by Gasteiger charge is -2.50. The molecule has 0 N–H and O–H groups in total. The third kappa shape index (κ3) is 11.1. The van der Waals surface area contributed by atoms with E-state index in [0.29, 0.717) is 0 Å². The fraction of sp³-hybridized carbons (Fsp3) is 0.439. The maximum Gasteiger partial charge on any atom is 0.226 e. The molecule has 0 amide bonds. The molecule has 9 aromatic rings. The number of fused-ring (bicyclic) bond motifs is 20. The van der Waals surface area contributed by atoms with Gasteiger partial charge in [-0.15, -0.1) is 0 Å². The van der Waals surface area contributed by atoms with Crippen LogP contribution in [0.1, 0.15) is 189 Å². The Labute approximate surface area is 631 Å². The largest absolute Gasteiger partial charge is 0.307 e. The van der Waals surface area contributed by atoms with E-state index in [4.69, 9.17) is 41.9 Å². The van der Waals surface area contributed by atoms with Gasteiger partial charge in [-0.2, -0.15) is 20.4 Å². The van der Waals surface area contributed by atoms with Crippen LogP contribution >= 0.6 is 31.9 Å². The number of rotatable bonds is 1. The molecule has 20 nitrogen and oxygen atoms in total. The van der Waals surface area contributed by atoms with E-state index >= 15 is 0 Å². The average molecular weight is 1530 g/mol. The predicted molar refractivity (Wildman–Crippen MR) is 410 cm³/mol.